The predicted molar refractivity (Wildman–Crippen MR) is 77.1 cm³/mol. The first-order valence-corrected chi connectivity index (χ1v) is 6.57. The van der Waals surface area contributed by atoms with Gasteiger partial charge in [0.1, 0.15) is 11.8 Å². The van der Waals surface area contributed by atoms with Gasteiger partial charge in [0.2, 0.25) is 0 Å². The van der Waals surface area contributed by atoms with E-state index in [1.54, 1.807) is 37.3 Å². The number of anilines is 1. The Balaban J connectivity index is 1.86. The van der Waals surface area contributed by atoms with Crippen molar-refractivity contribution >= 4 is 23.5 Å². The van der Waals surface area contributed by atoms with Crippen LogP contribution in [0.5, 0.6) is 0 Å². The Labute approximate surface area is 125 Å². The van der Waals surface area contributed by atoms with Gasteiger partial charge in [-0.3, -0.25) is 14.9 Å². The third-order valence-corrected chi connectivity index (χ3v) is 3.53. The Morgan fingerprint density at radius 1 is 1.27 bits per heavy atom. The molecule has 22 heavy (non-hydrogen) atoms. The van der Waals surface area contributed by atoms with Gasteiger partial charge < -0.3 is 15.1 Å². The van der Waals surface area contributed by atoms with E-state index in [4.69, 9.17) is 4.42 Å². The average molecular weight is 299 g/mol. The molecule has 2 heterocycles. The Bertz CT molecular complexity index is 754. The molecule has 0 radical (unpaired) electrons. The van der Waals surface area contributed by atoms with E-state index in [0.29, 0.717) is 16.8 Å². The molecule has 1 aromatic carbocycles. The molecule has 1 fully saturated rings. The van der Waals surface area contributed by atoms with Gasteiger partial charge in [0.25, 0.3) is 11.8 Å². The molecule has 1 aliphatic heterocycles. The number of nitrogens with one attached hydrogen (secondary N) is 3. The Morgan fingerprint density at radius 2 is 2.09 bits per heavy atom. The van der Waals surface area contributed by atoms with Crippen molar-refractivity contribution in [1.82, 2.24) is 10.6 Å². The fourth-order valence-electron chi connectivity index (χ4n) is 2.25. The van der Waals surface area contributed by atoms with Gasteiger partial charge in [0.15, 0.2) is 0 Å². The van der Waals surface area contributed by atoms with Gasteiger partial charge >= 0.3 is 6.03 Å². The minimum atomic E-state index is -1.16. The fraction of sp³-hybridized carbons (Fsp3) is 0.133. The van der Waals surface area contributed by atoms with Crippen molar-refractivity contribution in [2.45, 2.75) is 12.5 Å². The van der Waals surface area contributed by atoms with E-state index < -0.39 is 17.5 Å². The molecule has 3 N–H and O–H groups in total. The number of urea groups is 1. The van der Waals surface area contributed by atoms with Crippen molar-refractivity contribution in [1.29, 1.82) is 0 Å². The molecule has 0 aliphatic carbocycles. The second kappa shape index (κ2) is 5.03. The van der Waals surface area contributed by atoms with Crippen LogP contribution in [-0.2, 0) is 10.3 Å². The molecule has 4 amide bonds. The molecule has 0 saturated carbocycles. The second-order valence-corrected chi connectivity index (χ2v) is 5.08. The van der Waals surface area contributed by atoms with Gasteiger partial charge in [-0.05, 0) is 30.7 Å². The zero-order chi connectivity index (χ0) is 15.7. The normalized spacial score (nSPS) is 20.4. The summed E-state index contributed by atoms with van der Waals surface area (Å²) in [5.74, 6) is -0.758. The van der Waals surface area contributed by atoms with Crippen LogP contribution in [0.25, 0.3) is 0 Å². The quantitative estimate of drug-likeness (QED) is 0.749. The maximum atomic E-state index is 12.0. The van der Waals surface area contributed by atoms with Gasteiger partial charge in [0.05, 0.1) is 11.8 Å². The smallest absolute Gasteiger partial charge is 0.322 e. The van der Waals surface area contributed by atoms with Gasteiger partial charge in [-0.2, -0.15) is 0 Å². The molecule has 7 heteroatoms. The lowest BCUT2D eigenvalue weighted by atomic mass is 9.92. The van der Waals surface area contributed by atoms with Crippen molar-refractivity contribution in [3.63, 3.8) is 0 Å². The lowest BCUT2D eigenvalue weighted by Crippen LogP contribution is -2.40. The zero-order valence-electron chi connectivity index (χ0n) is 11.7. The van der Waals surface area contributed by atoms with Crippen molar-refractivity contribution in [2.75, 3.05) is 5.32 Å². The number of carbonyl (C=O) groups is 3. The van der Waals surface area contributed by atoms with Crippen molar-refractivity contribution in [2.24, 2.45) is 0 Å². The summed E-state index contributed by atoms with van der Waals surface area (Å²) >= 11 is 0. The van der Waals surface area contributed by atoms with E-state index >= 15 is 0 Å². The van der Waals surface area contributed by atoms with E-state index in [9.17, 15) is 14.4 Å². The highest BCUT2D eigenvalue weighted by Gasteiger charge is 2.43. The highest BCUT2D eigenvalue weighted by molar-refractivity contribution is 6.07. The molecule has 1 atom stereocenters. The summed E-state index contributed by atoms with van der Waals surface area (Å²) in [6.07, 6.45) is 2.75. The largest absolute Gasteiger partial charge is 0.472 e. The third kappa shape index (κ3) is 2.32. The van der Waals surface area contributed by atoms with Crippen LogP contribution in [0.4, 0.5) is 10.5 Å². The van der Waals surface area contributed by atoms with Gasteiger partial charge in [-0.25, -0.2) is 4.79 Å². The van der Waals surface area contributed by atoms with Crippen LogP contribution in [0.1, 0.15) is 22.8 Å². The molecule has 0 unspecified atom stereocenters. The molecule has 7 nitrogen and oxygen atoms in total. The van der Waals surface area contributed by atoms with Crippen molar-refractivity contribution in [3.05, 3.63) is 54.0 Å². The zero-order valence-corrected chi connectivity index (χ0v) is 11.7. The van der Waals surface area contributed by atoms with Crippen LogP contribution >= 0.6 is 0 Å². The standard InChI is InChI=1S/C15H13N3O4/c1-15(13(20)17-14(21)18-15)10-3-2-4-11(7-10)16-12(19)9-5-6-22-8-9/h2-8H,1H3,(H,16,19)(H2,17,18,20,21)/t15-/m0/s1. The minimum absolute atomic E-state index is 0.323. The molecule has 0 bridgehead atoms. The summed E-state index contributed by atoms with van der Waals surface area (Å²) in [4.78, 5) is 35.3. The molecule has 1 saturated heterocycles. The van der Waals surface area contributed by atoms with Crippen LogP contribution < -0.4 is 16.0 Å². The van der Waals surface area contributed by atoms with Crippen molar-refractivity contribution in [3.8, 4) is 0 Å². The first-order valence-electron chi connectivity index (χ1n) is 6.57. The number of carbonyl (C=O) groups excluding carboxylic acids is 3. The average Bonchev–Trinajstić information content (AvgIpc) is 3.09. The van der Waals surface area contributed by atoms with Crippen LogP contribution in [0, 0.1) is 0 Å². The Hall–Kier alpha value is -3.09. The molecule has 1 aliphatic rings. The number of rotatable bonds is 3. The summed E-state index contributed by atoms with van der Waals surface area (Å²) in [7, 11) is 0. The van der Waals surface area contributed by atoms with E-state index in [1.807, 2.05) is 0 Å². The maximum Gasteiger partial charge on any atom is 0.322 e. The lowest BCUT2D eigenvalue weighted by Gasteiger charge is -2.21. The first-order chi connectivity index (χ1) is 10.5. The van der Waals surface area contributed by atoms with E-state index in [2.05, 4.69) is 16.0 Å². The van der Waals surface area contributed by atoms with Crippen LogP contribution in [0.15, 0.2) is 47.3 Å². The predicted octanol–water partition coefficient (Wildman–Crippen LogP) is 1.59. The minimum Gasteiger partial charge on any atom is -0.472 e. The summed E-state index contributed by atoms with van der Waals surface area (Å²) in [5, 5.41) is 7.48. The summed E-state index contributed by atoms with van der Waals surface area (Å²) < 4.78 is 4.86. The van der Waals surface area contributed by atoms with Crippen LogP contribution in [0.3, 0.4) is 0 Å². The SMILES string of the molecule is C[C@@]1(c2cccc(NC(=O)c3ccoc3)c2)NC(=O)NC1=O. The Kier molecular flexibility index (Phi) is 3.17. The summed E-state index contributed by atoms with van der Waals surface area (Å²) in [6.45, 7) is 1.60. The highest BCUT2D eigenvalue weighted by atomic mass is 16.3. The number of hydrogen-bond donors (Lipinski definition) is 3. The van der Waals surface area contributed by atoms with Crippen LogP contribution in [-0.4, -0.2) is 17.8 Å². The monoisotopic (exact) mass is 299 g/mol. The van der Waals surface area contributed by atoms with Crippen molar-refractivity contribution < 1.29 is 18.8 Å². The molecule has 112 valence electrons. The molecular formula is C15H13N3O4. The van der Waals surface area contributed by atoms with Gasteiger partial charge in [-0.15, -0.1) is 0 Å². The van der Waals surface area contributed by atoms with Gasteiger partial charge in [0, 0.05) is 5.69 Å². The molecule has 1 aromatic heterocycles. The first kappa shape index (κ1) is 13.9. The highest BCUT2D eigenvalue weighted by Crippen LogP contribution is 2.26. The van der Waals surface area contributed by atoms with E-state index in [1.165, 1.54) is 12.5 Å². The van der Waals surface area contributed by atoms with E-state index in [-0.39, 0.29) is 5.91 Å². The lowest BCUT2D eigenvalue weighted by molar-refractivity contribution is -0.123. The number of furan rings is 1. The fourth-order valence-corrected chi connectivity index (χ4v) is 2.25. The van der Waals surface area contributed by atoms with Crippen LogP contribution in [0.2, 0.25) is 0 Å². The summed E-state index contributed by atoms with van der Waals surface area (Å²) in [5.41, 5.74) is 0.316. The van der Waals surface area contributed by atoms with Gasteiger partial charge in [-0.1, -0.05) is 12.1 Å². The number of hydrogen-bond acceptors (Lipinski definition) is 4. The molecule has 3 rings (SSSR count). The third-order valence-electron chi connectivity index (χ3n) is 3.53. The Morgan fingerprint density at radius 3 is 2.73 bits per heavy atom. The topological polar surface area (TPSA) is 100 Å². The number of imide groups is 1. The molecule has 2 aromatic rings. The number of benzene rings is 1. The maximum absolute atomic E-state index is 12.0. The number of amides is 4. The molecular weight excluding hydrogens is 286 g/mol. The second-order valence-electron chi connectivity index (χ2n) is 5.08. The summed E-state index contributed by atoms with van der Waals surface area (Å²) in [6, 6.07) is 7.75. The molecule has 0 spiro atoms. The van der Waals surface area contributed by atoms with E-state index in [0.717, 1.165) is 0 Å².